The first kappa shape index (κ1) is 17.6. The summed E-state index contributed by atoms with van der Waals surface area (Å²) in [5.74, 6) is 3.03. The fourth-order valence-electron chi connectivity index (χ4n) is 3.31. The van der Waals surface area contributed by atoms with Gasteiger partial charge in [-0.25, -0.2) is 0 Å². The number of fused-ring (bicyclic) bond motifs is 1. The largest absolute Gasteiger partial charge is 0.480 e. The molecule has 1 N–H and O–H groups in total. The molecular weight excluding hydrogens is 368 g/mol. The summed E-state index contributed by atoms with van der Waals surface area (Å²) >= 11 is 8.01. The highest BCUT2D eigenvalue weighted by Crippen LogP contribution is 2.31. The van der Waals surface area contributed by atoms with Crippen molar-refractivity contribution in [3.63, 3.8) is 0 Å². The summed E-state index contributed by atoms with van der Waals surface area (Å²) in [6.45, 7) is 2.71. The van der Waals surface area contributed by atoms with Gasteiger partial charge in [-0.15, -0.1) is 0 Å². The lowest BCUT2D eigenvalue weighted by Gasteiger charge is -2.28. The molecule has 2 aliphatic rings. The maximum Gasteiger partial charge on any atom is 0.261 e. The van der Waals surface area contributed by atoms with Crippen LogP contribution in [0.2, 0.25) is 5.02 Å². The summed E-state index contributed by atoms with van der Waals surface area (Å²) in [6.07, 6.45) is 0.0850. The average Bonchev–Trinajstić information content (AvgIpc) is 3.10. The number of carbonyl (C=O) groups excluding carboxylic acids is 1. The number of nitrogens with one attached hydrogen (secondary N) is 1. The Bertz CT molecular complexity index is 791. The van der Waals surface area contributed by atoms with Gasteiger partial charge in [0.15, 0.2) is 6.10 Å². The molecule has 4 nitrogen and oxygen atoms in total. The summed E-state index contributed by atoms with van der Waals surface area (Å²) in [7, 11) is 0. The van der Waals surface area contributed by atoms with E-state index in [2.05, 4.69) is 34.5 Å². The average molecular weight is 389 g/mol. The van der Waals surface area contributed by atoms with Crippen LogP contribution in [0.25, 0.3) is 0 Å². The molecule has 2 aromatic carbocycles. The van der Waals surface area contributed by atoms with Gasteiger partial charge in [0.2, 0.25) is 0 Å². The molecule has 1 saturated heterocycles. The Morgan fingerprint density at radius 2 is 1.96 bits per heavy atom. The van der Waals surface area contributed by atoms with Crippen LogP contribution in [0, 0.1) is 0 Å². The highest BCUT2D eigenvalue weighted by molar-refractivity contribution is 7.99. The molecule has 0 radical (unpaired) electrons. The summed E-state index contributed by atoms with van der Waals surface area (Å²) < 4.78 is 5.73. The first-order valence-corrected chi connectivity index (χ1v) is 10.4. The molecule has 1 amide bonds. The van der Waals surface area contributed by atoms with E-state index in [0.717, 1.165) is 30.0 Å². The molecule has 0 spiro atoms. The lowest BCUT2D eigenvalue weighted by molar-refractivity contribution is -0.127. The molecule has 2 aliphatic heterocycles. The van der Waals surface area contributed by atoms with Gasteiger partial charge in [-0.2, -0.15) is 11.8 Å². The van der Waals surface area contributed by atoms with Gasteiger partial charge >= 0.3 is 0 Å². The van der Waals surface area contributed by atoms with Crippen LogP contribution >= 0.6 is 23.4 Å². The Hall–Kier alpha value is -1.85. The third-order valence-corrected chi connectivity index (χ3v) is 5.95. The van der Waals surface area contributed by atoms with E-state index in [1.54, 1.807) is 6.07 Å². The zero-order valence-corrected chi connectivity index (χ0v) is 16.0. The highest BCUT2D eigenvalue weighted by Gasteiger charge is 2.29. The molecule has 0 unspecified atom stereocenters. The van der Waals surface area contributed by atoms with Crippen LogP contribution < -0.4 is 15.0 Å². The molecule has 0 aliphatic carbocycles. The van der Waals surface area contributed by atoms with E-state index in [9.17, 15) is 4.79 Å². The van der Waals surface area contributed by atoms with Crippen LogP contribution in [-0.4, -0.2) is 36.6 Å². The van der Waals surface area contributed by atoms with Gasteiger partial charge < -0.3 is 15.0 Å². The van der Waals surface area contributed by atoms with E-state index in [0.29, 0.717) is 18.0 Å². The van der Waals surface area contributed by atoms with Gasteiger partial charge in [0.25, 0.3) is 5.91 Å². The molecule has 1 fully saturated rings. The minimum Gasteiger partial charge on any atom is -0.480 e. The number of halogens is 1. The molecule has 2 heterocycles. The summed E-state index contributed by atoms with van der Waals surface area (Å²) in [4.78, 5) is 14.8. The number of hydrogen-bond acceptors (Lipinski definition) is 4. The van der Waals surface area contributed by atoms with Crippen molar-refractivity contribution in [1.82, 2.24) is 5.32 Å². The van der Waals surface area contributed by atoms with E-state index in [1.165, 1.54) is 17.2 Å². The zero-order chi connectivity index (χ0) is 17.9. The van der Waals surface area contributed by atoms with Gasteiger partial charge in [-0.1, -0.05) is 23.7 Å². The number of anilines is 1. The smallest absolute Gasteiger partial charge is 0.261 e. The number of amides is 1. The lowest BCUT2D eigenvalue weighted by Crippen LogP contribution is -2.37. The number of hydrogen-bond donors (Lipinski definition) is 1. The standard InChI is InChI=1S/C20H21ClN2O2S/c21-16-3-6-18-15(11-16)12-19(25-18)20(24)22-13-14-1-4-17(5-2-14)23-7-9-26-10-8-23/h1-6,11,19H,7-10,12-13H2,(H,22,24)/t19-/m0/s1. The number of rotatable bonds is 4. The van der Waals surface area contributed by atoms with E-state index >= 15 is 0 Å². The molecular formula is C20H21ClN2O2S. The van der Waals surface area contributed by atoms with E-state index in [1.807, 2.05) is 23.9 Å². The first-order valence-electron chi connectivity index (χ1n) is 8.83. The predicted octanol–water partition coefficient (Wildman–Crippen LogP) is 3.51. The van der Waals surface area contributed by atoms with Crippen molar-refractivity contribution in [2.75, 3.05) is 29.5 Å². The van der Waals surface area contributed by atoms with Crippen LogP contribution in [0.1, 0.15) is 11.1 Å². The predicted molar refractivity (Wildman–Crippen MR) is 107 cm³/mol. The quantitative estimate of drug-likeness (QED) is 0.870. The van der Waals surface area contributed by atoms with Crippen LogP contribution in [0.4, 0.5) is 5.69 Å². The Morgan fingerprint density at radius 1 is 1.19 bits per heavy atom. The van der Waals surface area contributed by atoms with Gasteiger partial charge in [0.1, 0.15) is 5.75 Å². The molecule has 0 bridgehead atoms. The maximum absolute atomic E-state index is 12.4. The number of ether oxygens (including phenoxy) is 1. The third-order valence-electron chi connectivity index (χ3n) is 4.77. The Balaban J connectivity index is 1.31. The number of benzene rings is 2. The SMILES string of the molecule is O=C(NCc1ccc(N2CCSCC2)cc1)[C@@H]1Cc2cc(Cl)ccc2O1. The second-order valence-electron chi connectivity index (χ2n) is 6.55. The van der Waals surface area contributed by atoms with Gasteiger partial charge in [0, 0.05) is 48.3 Å². The van der Waals surface area contributed by atoms with Crippen LogP contribution in [0.5, 0.6) is 5.75 Å². The van der Waals surface area contributed by atoms with Gasteiger partial charge in [-0.05, 0) is 41.5 Å². The number of nitrogens with zero attached hydrogens (tertiary/aromatic N) is 1. The van der Waals surface area contributed by atoms with Crippen molar-refractivity contribution in [1.29, 1.82) is 0 Å². The summed E-state index contributed by atoms with van der Waals surface area (Å²) in [5.41, 5.74) is 3.33. The monoisotopic (exact) mass is 388 g/mol. The van der Waals surface area contributed by atoms with Crippen molar-refractivity contribution in [3.8, 4) is 5.75 Å². The molecule has 136 valence electrons. The Morgan fingerprint density at radius 3 is 2.73 bits per heavy atom. The Kier molecular flexibility index (Phi) is 5.27. The molecule has 0 aromatic heterocycles. The zero-order valence-electron chi connectivity index (χ0n) is 14.4. The van der Waals surface area contributed by atoms with Crippen LogP contribution in [0.15, 0.2) is 42.5 Å². The highest BCUT2D eigenvalue weighted by atomic mass is 35.5. The first-order chi connectivity index (χ1) is 12.7. The second kappa shape index (κ2) is 7.80. The topological polar surface area (TPSA) is 41.6 Å². The summed E-state index contributed by atoms with van der Waals surface area (Å²) in [5, 5.41) is 3.64. The van der Waals surface area contributed by atoms with Crippen LogP contribution in [-0.2, 0) is 17.8 Å². The van der Waals surface area contributed by atoms with Crippen molar-refractivity contribution in [3.05, 3.63) is 58.6 Å². The molecule has 2 aromatic rings. The molecule has 4 rings (SSSR count). The van der Waals surface area contributed by atoms with Crippen molar-refractivity contribution in [2.45, 2.75) is 19.1 Å². The molecule has 26 heavy (non-hydrogen) atoms. The fourth-order valence-corrected chi connectivity index (χ4v) is 4.41. The maximum atomic E-state index is 12.4. The van der Waals surface area contributed by atoms with Crippen molar-refractivity contribution < 1.29 is 9.53 Å². The third kappa shape index (κ3) is 3.94. The van der Waals surface area contributed by atoms with E-state index in [-0.39, 0.29) is 5.91 Å². The lowest BCUT2D eigenvalue weighted by atomic mass is 10.1. The Labute approximate surface area is 162 Å². The van der Waals surface area contributed by atoms with Gasteiger partial charge in [0.05, 0.1) is 0 Å². The van der Waals surface area contributed by atoms with Crippen LogP contribution in [0.3, 0.4) is 0 Å². The summed E-state index contributed by atoms with van der Waals surface area (Å²) in [6, 6.07) is 13.9. The van der Waals surface area contributed by atoms with E-state index in [4.69, 9.17) is 16.3 Å². The molecule has 6 heteroatoms. The normalized spacial score (nSPS) is 19.0. The van der Waals surface area contributed by atoms with Crippen molar-refractivity contribution in [2.24, 2.45) is 0 Å². The number of thioether (sulfide) groups is 1. The molecule has 1 atom stereocenters. The minimum atomic E-state index is -0.478. The minimum absolute atomic E-state index is 0.0885. The van der Waals surface area contributed by atoms with E-state index < -0.39 is 6.10 Å². The fraction of sp³-hybridized carbons (Fsp3) is 0.350. The molecule has 0 saturated carbocycles. The van der Waals surface area contributed by atoms with Crippen molar-refractivity contribution >= 4 is 35.0 Å². The number of carbonyl (C=O) groups is 1. The second-order valence-corrected chi connectivity index (χ2v) is 8.21. The van der Waals surface area contributed by atoms with Gasteiger partial charge in [-0.3, -0.25) is 4.79 Å².